The van der Waals surface area contributed by atoms with E-state index in [2.05, 4.69) is 0 Å². The number of aliphatic hydroxyl groups excluding tert-OH is 1. The number of ether oxygens (including phenoxy) is 3. The van der Waals surface area contributed by atoms with E-state index in [9.17, 15) is 20.1 Å². The highest BCUT2D eigenvalue weighted by molar-refractivity contribution is 5.66. The van der Waals surface area contributed by atoms with Gasteiger partial charge in [0.05, 0.1) is 35.1 Å². The van der Waals surface area contributed by atoms with Crippen LogP contribution in [0.25, 0.3) is 0 Å². The SMILES string of the molecule is CC(=O)O[C@H](CC[C@@H](O)[C@]1(C)CC[C@H](C(C)(C)O)O1)[C@@]1(C)CC[C@H](C(C)(C)O)O1. The number of hydrogen-bond donors (Lipinski definition) is 3. The Morgan fingerprint density at radius 2 is 1.45 bits per heavy atom. The molecule has 0 saturated carbocycles. The fourth-order valence-electron chi connectivity index (χ4n) is 4.50. The Bertz CT molecular complexity index is 579. The summed E-state index contributed by atoms with van der Waals surface area (Å²) in [7, 11) is 0. The van der Waals surface area contributed by atoms with E-state index in [-0.39, 0.29) is 12.2 Å². The standard InChI is InChI=1S/C22H40O7/c1-14(23)27-18(22(7)13-11-17(29-22)20(4,5)26)9-8-15(24)21(6)12-10-16(28-21)19(2,3)25/h15-18,24-26H,8-13H2,1-7H3/t15-,16-,17-,18-,21+,22-/m1/s1. The zero-order valence-corrected chi connectivity index (χ0v) is 19.0. The molecule has 0 amide bonds. The van der Waals surface area contributed by atoms with E-state index in [4.69, 9.17) is 14.2 Å². The van der Waals surface area contributed by atoms with Gasteiger partial charge >= 0.3 is 5.97 Å². The van der Waals surface area contributed by atoms with Crippen molar-refractivity contribution in [3.05, 3.63) is 0 Å². The van der Waals surface area contributed by atoms with Crippen molar-refractivity contribution in [3.63, 3.8) is 0 Å². The summed E-state index contributed by atoms with van der Waals surface area (Å²) in [5.41, 5.74) is -3.41. The molecule has 7 heteroatoms. The van der Waals surface area contributed by atoms with Crippen LogP contribution in [0.2, 0.25) is 0 Å². The van der Waals surface area contributed by atoms with E-state index in [1.807, 2.05) is 13.8 Å². The third-order valence-corrected chi connectivity index (χ3v) is 6.60. The molecule has 2 saturated heterocycles. The van der Waals surface area contributed by atoms with Gasteiger partial charge in [-0.15, -0.1) is 0 Å². The van der Waals surface area contributed by atoms with Gasteiger partial charge in [0.2, 0.25) is 0 Å². The van der Waals surface area contributed by atoms with E-state index in [0.717, 1.165) is 0 Å². The Morgan fingerprint density at radius 3 is 1.86 bits per heavy atom. The third kappa shape index (κ3) is 5.91. The summed E-state index contributed by atoms with van der Waals surface area (Å²) < 4.78 is 17.8. The first-order valence-corrected chi connectivity index (χ1v) is 10.7. The van der Waals surface area contributed by atoms with E-state index in [1.165, 1.54) is 6.92 Å². The van der Waals surface area contributed by atoms with Gasteiger partial charge in [-0.05, 0) is 80.1 Å². The van der Waals surface area contributed by atoms with Crippen LogP contribution in [0, 0.1) is 0 Å². The Balaban J connectivity index is 2.03. The normalized spacial score (nSPS) is 35.5. The fourth-order valence-corrected chi connectivity index (χ4v) is 4.50. The number of aliphatic hydroxyl groups is 3. The molecule has 170 valence electrons. The molecule has 7 nitrogen and oxygen atoms in total. The van der Waals surface area contributed by atoms with Crippen molar-refractivity contribution < 1.29 is 34.3 Å². The molecular weight excluding hydrogens is 376 g/mol. The molecule has 0 unspecified atom stereocenters. The molecule has 0 spiro atoms. The van der Waals surface area contributed by atoms with E-state index in [0.29, 0.717) is 38.5 Å². The first-order valence-electron chi connectivity index (χ1n) is 10.7. The highest BCUT2D eigenvalue weighted by Crippen LogP contribution is 2.42. The molecule has 3 N–H and O–H groups in total. The van der Waals surface area contributed by atoms with Crippen LogP contribution in [-0.4, -0.2) is 68.1 Å². The van der Waals surface area contributed by atoms with E-state index < -0.39 is 40.6 Å². The number of carbonyl (C=O) groups excluding carboxylic acids is 1. The van der Waals surface area contributed by atoms with Crippen LogP contribution in [0.5, 0.6) is 0 Å². The van der Waals surface area contributed by atoms with Crippen LogP contribution in [0.15, 0.2) is 0 Å². The van der Waals surface area contributed by atoms with Crippen LogP contribution in [0.1, 0.15) is 87.0 Å². The minimum atomic E-state index is -0.977. The quantitative estimate of drug-likeness (QED) is 0.522. The van der Waals surface area contributed by atoms with Crippen molar-refractivity contribution in [1.82, 2.24) is 0 Å². The van der Waals surface area contributed by atoms with Crippen LogP contribution >= 0.6 is 0 Å². The fraction of sp³-hybridized carbons (Fsp3) is 0.955. The molecule has 2 rings (SSSR count). The average molecular weight is 417 g/mol. The van der Waals surface area contributed by atoms with Gasteiger partial charge in [0.1, 0.15) is 11.7 Å². The van der Waals surface area contributed by atoms with Crippen LogP contribution in [0.3, 0.4) is 0 Å². The second-order valence-corrected chi connectivity index (χ2v) is 10.4. The van der Waals surface area contributed by atoms with Crippen LogP contribution in [0.4, 0.5) is 0 Å². The molecule has 0 aromatic carbocycles. The van der Waals surface area contributed by atoms with Crippen molar-refractivity contribution in [1.29, 1.82) is 0 Å². The van der Waals surface area contributed by atoms with Gasteiger partial charge in [0.25, 0.3) is 0 Å². The van der Waals surface area contributed by atoms with Crippen molar-refractivity contribution in [2.24, 2.45) is 0 Å². The predicted octanol–water partition coefficient (Wildman–Crippen LogP) is 2.48. The summed E-state index contributed by atoms with van der Waals surface area (Å²) in [6.45, 7) is 12.0. The summed E-state index contributed by atoms with van der Waals surface area (Å²) in [5.74, 6) is -0.397. The van der Waals surface area contributed by atoms with Gasteiger partial charge < -0.3 is 29.5 Å². The molecule has 0 aromatic heterocycles. The second kappa shape index (κ2) is 8.42. The molecule has 2 aliphatic heterocycles. The zero-order valence-electron chi connectivity index (χ0n) is 19.0. The highest BCUT2D eigenvalue weighted by Gasteiger charge is 2.50. The molecule has 0 aliphatic carbocycles. The molecule has 0 aromatic rings. The predicted molar refractivity (Wildman–Crippen MR) is 108 cm³/mol. The van der Waals surface area contributed by atoms with Crippen molar-refractivity contribution in [3.8, 4) is 0 Å². The lowest BCUT2D eigenvalue weighted by Gasteiger charge is -2.37. The van der Waals surface area contributed by atoms with Gasteiger partial charge in [-0.3, -0.25) is 4.79 Å². The lowest BCUT2D eigenvalue weighted by Crippen LogP contribution is -2.47. The topological polar surface area (TPSA) is 105 Å². The lowest BCUT2D eigenvalue weighted by atomic mass is 9.86. The lowest BCUT2D eigenvalue weighted by molar-refractivity contribution is -0.184. The Morgan fingerprint density at radius 1 is 1.00 bits per heavy atom. The van der Waals surface area contributed by atoms with Gasteiger partial charge in [-0.25, -0.2) is 0 Å². The van der Waals surface area contributed by atoms with Gasteiger partial charge in [-0.1, -0.05) is 0 Å². The average Bonchev–Trinajstić information content (AvgIpc) is 3.15. The summed E-state index contributed by atoms with van der Waals surface area (Å²) in [5, 5.41) is 31.4. The number of hydrogen-bond acceptors (Lipinski definition) is 7. The van der Waals surface area contributed by atoms with Crippen LogP contribution < -0.4 is 0 Å². The first kappa shape index (κ1) is 24.5. The molecule has 29 heavy (non-hydrogen) atoms. The molecule has 2 heterocycles. The second-order valence-electron chi connectivity index (χ2n) is 10.4. The van der Waals surface area contributed by atoms with E-state index >= 15 is 0 Å². The summed E-state index contributed by atoms with van der Waals surface area (Å²) >= 11 is 0. The first-order chi connectivity index (χ1) is 13.1. The maximum absolute atomic E-state index is 11.7. The minimum Gasteiger partial charge on any atom is -0.459 e. The van der Waals surface area contributed by atoms with Crippen molar-refractivity contribution in [2.75, 3.05) is 0 Å². The smallest absolute Gasteiger partial charge is 0.303 e. The van der Waals surface area contributed by atoms with Crippen molar-refractivity contribution in [2.45, 2.75) is 134 Å². The molecule has 0 radical (unpaired) electrons. The number of carbonyl (C=O) groups is 1. The Hall–Kier alpha value is -0.730. The van der Waals surface area contributed by atoms with Gasteiger partial charge in [-0.2, -0.15) is 0 Å². The summed E-state index contributed by atoms with van der Waals surface area (Å²) in [6, 6.07) is 0. The number of rotatable bonds is 8. The Kier molecular flexibility index (Phi) is 7.13. The zero-order chi connectivity index (χ0) is 22.3. The molecule has 0 bridgehead atoms. The van der Waals surface area contributed by atoms with E-state index in [1.54, 1.807) is 27.7 Å². The molecular formula is C22H40O7. The minimum absolute atomic E-state index is 0.324. The maximum atomic E-state index is 11.7. The molecule has 2 fully saturated rings. The van der Waals surface area contributed by atoms with Crippen molar-refractivity contribution >= 4 is 5.97 Å². The monoisotopic (exact) mass is 416 g/mol. The number of esters is 1. The van der Waals surface area contributed by atoms with Gasteiger partial charge in [0, 0.05) is 6.92 Å². The third-order valence-electron chi connectivity index (χ3n) is 6.60. The summed E-state index contributed by atoms with van der Waals surface area (Å²) in [6.07, 6.45) is 1.50. The largest absolute Gasteiger partial charge is 0.459 e. The Labute approximate surface area is 174 Å². The van der Waals surface area contributed by atoms with Crippen LogP contribution in [-0.2, 0) is 19.0 Å². The summed E-state index contributed by atoms with van der Waals surface area (Å²) in [4.78, 5) is 11.7. The highest BCUT2D eigenvalue weighted by atomic mass is 16.6. The van der Waals surface area contributed by atoms with Gasteiger partial charge in [0.15, 0.2) is 0 Å². The molecule has 6 atom stereocenters. The molecule has 2 aliphatic rings. The maximum Gasteiger partial charge on any atom is 0.303 e.